The maximum Gasteiger partial charge on any atom is 0.106 e. The summed E-state index contributed by atoms with van der Waals surface area (Å²) in [5, 5.41) is 3.41. The third-order valence-corrected chi connectivity index (χ3v) is 3.90. The molecular formula is C14H21N3S. The standard InChI is InChI=1S/C14H21N3S/c15-14(18)12-7-8-16-10-13(12)17-9-6-11-4-2-1-3-5-11/h7-8,10-11,17H,1-6,9H2,(H2,15,18). The third-order valence-electron chi connectivity index (χ3n) is 3.68. The van der Waals surface area contributed by atoms with Crippen LogP contribution in [0.25, 0.3) is 0 Å². The monoisotopic (exact) mass is 263 g/mol. The van der Waals surface area contributed by atoms with Crippen LogP contribution in [-0.4, -0.2) is 16.5 Å². The van der Waals surface area contributed by atoms with E-state index in [2.05, 4.69) is 10.3 Å². The molecule has 1 aromatic rings. The zero-order valence-corrected chi connectivity index (χ0v) is 11.5. The molecule has 0 saturated heterocycles. The van der Waals surface area contributed by atoms with Crippen LogP contribution >= 0.6 is 12.2 Å². The van der Waals surface area contributed by atoms with Crippen LogP contribution in [0.2, 0.25) is 0 Å². The van der Waals surface area contributed by atoms with Gasteiger partial charge in [0, 0.05) is 18.3 Å². The third kappa shape index (κ3) is 3.67. The van der Waals surface area contributed by atoms with E-state index in [1.165, 1.54) is 38.5 Å². The van der Waals surface area contributed by atoms with Gasteiger partial charge in [0.1, 0.15) is 4.99 Å². The van der Waals surface area contributed by atoms with Crippen molar-refractivity contribution in [1.82, 2.24) is 4.98 Å². The molecule has 1 aliphatic carbocycles. The van der Waals surface area contributed by atoms with Gasteiger partial charge in [-0.1, -0.05) is 44.3 Å². The van der Waals surface area contributed by atoms with Gasteiger partial charge in [0.2, 0.25) is 0 Å². The number of rotatable bonds is 5. The van der Waals surface area contributed by atoms with Crippen molar-refractivity contribution in [3.63, 3.8) is 0 Å². The molecule has 1 aliphatic rings. The average Bonchev–Trinajstić information content (AvgIpc) is 2.40. The van der Waals surface area contributed by atoms with Crippen molar-refractivity contribution in [2.45, 2.75) is 38.5 Å². The van der Waals surface area contributed by atoms with Crippen LogP contribution in [0.1, 0.15) is 44.1 Å². The van der Waals surface area contributed by atoms with E-state index in [4.69, 9.17) is 18.0 Å². The highest BCUT2D eigenvalue weighted by Gasteiger charge is 2.13. The molecule has 1 saturated carbocycles. The lowest BCUT2D eigenvalue weighted by molar-refractivity contribution is 0.345. The van der Waals surface area contributed by atoms with E-state index in [9.17, 15) is 0 Å². The van der Waals surface area contributed by atoms with Crippen LogP contribution in [0.3, 0.4) is 0 Å². The first kappa shape index (κ1) is 13.3. The highest BCUT2D eigenvalue weighted by atomic mass is 32.1. The Morgan fingerprint density at radius 1 is 1.39 bits per heavy atom. The largest absolute Gasteiger partial charge is 0.389 e. The molecule has 0 radical (unpaired) electrons. The van der Waals surface area contributed by atoms with Crippen molar-refractivity contribution < 1.29 is 0 Å². The van der Waals surface area contributed by atoms with Gasteiger partial charge in [0.15, 0.2) is 0 Å². The Morgan fingerprint density at radius 2 is 2.17 bits per heavy atom. The maximum atomic E-state index is 5.69. The van der Waals surface area contributed by atoms with Gasteiger partial charge < -0.3 is 11.1 Å². The van der Waals surface area contributed by atoms with E-state index < -0.39 is 0 Å². The topological polar surface area (TPSA) is 50.9 Å². The van der Waals surface area contributed by atoms with Crippen LogP contribution in [0.4, 0.5) is 5.69 Å². The van der Waals surface area contributed by atoms with Crippen LogP contribution in [-0.2, 0) is 0 Å². The fraction of sp³-hybridized carbons (Fsp3) is 0.571. The summed E-state index contributed by atoms with van der Waals surface area (Å²) in [6, 6.07) is 1.87. The van der Waals surface area contributed by atoms with Crippen molar-refractivity contribution in [1.29, 1.82) is 0 Å². The maximum absolute atomic E-state index is 5.69. The summed E-state index contributed by atoms with van der Waals surface area (Å²) in [5.41, 5.74) is 7.54. The van der Waals surface area contributed by atoms with Gasteiger partial charge in [-0.15, -0.1) is 0 Å². The quantitative estimate of drug-likeness (QED) is 0.802. The SMILES string of the molecule is NC(=S)c1ccncc1NCCC1CCCCC1. The first-order valence-electron chi connectivity index (χ1n) is 6.75. The van der Waals surface area contributed by atoms with Crippen LogP contribution in [0, 0.1) is 5.92 Å². The van der Waals surface area contributed by atoms with E-state index in [0.29, 0.717) is 4.99 Å². The molecule has 2 rings (SSSR count). The van der Waals surface area contributed by atoms with Crippen molar-refractivity contribution in [2.24, 2.45) is 11.7 Å². The van der Waals surface area contributed by atoms with Crippen LogP contribution in [0.5, 0.6) is 0 Å². The molecule has 3 N–H and O–H groups in total. The van der Waals surface area contributed by atoms with Crippen molar-refractivity contribution in [2.75, 3.05) is 11.9 Å². The minimum atomic E-state index is 0.428. The molecule has 1 heterocycles. The fourth-order valence-electron chi connectivity index (χ4n) is 2.64. The zero-order valence-electron chi connectivity index (χ0n) is 10.7. The Bertz CT molecular complexity index is 400. The number of nitrogens with two attached hydrogens (primary N) is 1. The highest BCUT2D eigenvalue weighted by Crippen LogP contribution is 2.26. The second-order valence-corrected chi connectivity index (χ2v) is 5.44. The van der Waals surface area contributed by atoms with E-state index in [1.807, 2.05) is 6.07 Å². The fourth-order valence-corrected chi connectivity index (χ4v) is 2.81. The first-order chi connectivity index (χ1) is 8.77. The van der Waals surface area contributed by atoms with Crippen molar-refractivity contribution >= 4 is 22.9 Å². The summed E-state index contributed by atoms with van der Waals surface area (Å²) in [6.45, 7) is 0.978. The number of hydrogen-bond acceptors (Lipinski definition) is 3. The minimum absolute atomic E-state index is 0.428. The molecule has 18 heavy (non-hydrogen) atoms. The summed E-state index contributed by atoms with van der Waals surface area (Å²) < 4.78 is 0. The Kier molecular flexibility index (Phi) is 4.93. The molecule has 0 aliphatic heterocycles. The predicted molar refractivity (Wildman–Crippen MR) is 79.8 cm³/mol. The number of pyridine rings is 1. The molecule has 0 amide bonds. The van der Waals surface area contributed by atoms with E-state index >= 15 is 0 Å². The van der Waals surface area contributed by atoms with Gasteiger partial charge in [-0.25, -0.2) is 0 Å². The summed E-state index contributed by atoms with van der Waals surface area (Å²) in [4.78, 5) is 4.54. The average molecular weight is 263 g/mol. The lowest BCUT2D eigenvalue weighted by Gasteiger charge is -2.21. The second kappa shape index (κ2) is 6.69. The molecule has 0 unspecified atom stereocenters. The highest BCUT2D eigenvalue weighted by molar-refractivity contribution is 7.80. The smallest absolute Gasteiger partial charge is 0.106 e. The Hall–Kier alpha value is -1.16. The lowest BCUT2D eigenvalue weighted by atomic mass is 9.87. The molecule has 1 fully saturated rings. The molecular weight excluding hydrogens is 242 g/mol. The van der Waals surface area contributed by atoms with E-state index in [-0.39, 0.29) is 0 Å². The number of hydrogen-bond donors (Lipinski definition) is 2. The summed E-state index contributed by atoms with van der Waals surface area (Å²) in [5.74, 6) is 0.885. The van der Waals surface area contributed by atoms with Gasteiger partial charge >= 0.3 is 0 Å². The number of nitrogens with zero attached hydrogens (tertiary/aromatic N) is 1. The number of thiocarbonyl (C=S) groups is 1. The number of nitrogens with one attached hydrogen (secondary N) is 1. The zero-order chi connectivity index (χ0) is 12.8. The molecule has 4 heteroatoms. The second-order valence-electron chi connectivity index (χ2n) is 5.00. The van der Waals surface area contributed by atoms with Crippen molar-refractivity contribution in [3.05, 3.63) is 24.0 Å². The summed E-state index contributed by atoms with van der Waals surface area (Å²) in [7, 11) is 0. The Labute approximate surface area is 114 Å². The summed E-state index contributed by atoms with van der Waals surface area (Å²) >= 11 is 5.04. The molecule has 0 bridgehead atoms. The van der Waals surface area contributed by atoms with Gasteiger partial charge in [0.25, 0.3) is 0 Å². The Balaban J connectivity index is 1.84. The number of anilines is 1. The summed E-state index contributed by atoms with van der Waals surface area (Å²) in [6.07, 6.45) is 11.7. The van der Waals surface area contributed by atoms with Gasteiger partial charge in [-0.3, -0.25) is 4.98 Å². The molecule has 0 aromatic carbocycles. The van der Waals surface area contributed by atoms with Crippen LogP contribution in [0.15, 0.2) is 18.5 Å². The Morgan fingerprint density at radius 3 is 2.89 bits per heavy atom. The van der Waals surface area contributed by atoms with Gasteiger partial charge in [0.05, 0.1) is 11.9 Å². The molecule has 0 spiro atoms. The normalized spacial score (nSPS) is 16.4. The van der Waals surface area contributed by atoms with Gasteiger partial charge in [-0.2, -0.15) is 0 Å². The van der Waals surface area contributed by atoms with Gasteiger partial charge in [-0.05, 0) is 18.4 Å². The molecule has 3 nitrogen and oxygen atoms in total. The van der Waals surface area contributed by atoms with Crippen molar-refractivity contribution in [3.8, 4) is 0 Å². The lowest BCUT2D eigenvalue weighted by Crippen LogP contribution is -2.16. The molecule has 0 atom stereocenters. The number of aromatic nitrogens is 1. The van der Waals surface area contributed by atoms with E-state index in [0.717, 1.165) is 23.7 Å². The molecule has 98 valence electrons. The van der Waals surface area contributed by atoms with E-state index in [1.54, 1.807) is 12.4 Å². The van der Waals surface area contributed by atoms with Crippen LogP contribution < -0.4 is 11.1 Å². The predicted octanol–water partition coefficient (Wildman–Crippen LogP) is 3.10. The first-order valence-corrected chi connectivity index (χ1v) is 7.16. The molecule has 1 aromatic heterocycles. The minimum Gasteiger partial charge on any atom is -0.389 e.